The summed E-state index contributed by atoms with van der Waals surface area (Å²) < 4.78 is 7.62. The van der Waals surface area contributed by atoms with Crippen molar-refractivity contribution in [1.29, 1.82) is 0 Å². The van der Waals surface area contributed by atoms with Gasteiger partial charge in [-0.2, -0.15) is 0 Å². The molecule has 0 unspecified atom stereocenters. The highest BCUT2D eigenvalue weighted by Gasteiger charge is 2.12. The third-order valence-corrected chi connectivity index (χ3v) is 3.48. The van der Waals surface area contributed by atoms with E-state index in [0.717, 1.165) is 18.0 Å². The van der Waals surface area contributed by atoms with Crippen molar-refractivity contribution in [2.24, 2.45) is 0 Å². The van der Waals surface area contributed by atoms with E-state index in [-0.39, 0.29) is 0 Å². The molecule has 0 amide bonds. The zero-order valence-electron chi connectivity index (χ0n) is 10.9. The first-order valence-corrected chi connectivity index (χ1v) is 6.17. The van der Waals surface area contributed by atoms with Gasteiger partial charge in [-0.05, 0) is 32.0 Å². The fourth-order valence-electron chi connectivity index (χ4n) is 2.66. The molecule has 3 rings (SSSR count). The lowest BCUT2D eigenvalue weighted by Crippen LogP contribution is -1.96. The standard InChI is InChI=1S/C15H16N2O/c1-4-17-14-9-11(18-3)5-6-12(14)13-7-8-16-10(2)15(13)17/h5-9H,4H2,1-3H3. The van der Waals surface area contributed by atoms with Crippen LogP contribution in [0.5, 0.6) is 5.75 Å². The van der Waals surface area contributed by atoms with E-state index >= 15 is 0 Å². The highest BCUT2D eigenvalue weighted by atomic mass is 16.5. The predicted octanol–water partition coefficient (Wildman–Crippen LogP) is 3.53. The van der Waals surface area contributed by atoms with E-state index in [1.165, 1.54) is 21.8 Å². The van der Waals surface area contributed by atoms with Crippen LogP contribution >= 0.6 is 0 Å². The van der Waals surface area contributed by atoms with Crippen LogP contribution in [0, 0.1) is 6.92 Å². The van der Waals surface area contributed by atoms with Gasteiger partial charge in [-0.25, -0.2) is 0 Å². The average molecular weight is 240 g/mol. The van der Waals surface area contributed by atoms with Gasteiger partial charge in [-0.3, -0.25) is 4.98 Å². The molecule has 1 aromatic carbocycles. The van der Waals surface area contributed by atoms with Crippen molar-refractivity contribution in [3.05, 3.63) is 36.2 Å². The van der Waals surface area contributed by atoms with Gasteiger partial charge in [0, 0.05) is 29.6 Å². The Morgan fingerprint density at radius 3 is 2.78 bits per heavy atom. The molecule has 0 saturated heterocycles. The second kappa shape index (κ2) is 4.02. The van der Waals surface area contributed by atoms with Crippen molar-refractivity contribution in [2.75, 3.05) is 7.11 Å². The van der Waals surface area contributed by atoms with E-state index in [0.29, 0.717) is 0 Å². The molecular weight excluding hydrogens is 224 g/mol. The van der Waals surface area contributed by atoms with Gasteiger partial charge in [0.2, 0.25) is 0 Å². The van der Waals surface area contributed by atoms with Crippen LogP contribution in [-0.4, -0.2) is 16.7 Å². The lowest BCUT2D eigenvalue weighted by Gasteiger charge is -2.05. The fraction of sp³-hybridized carbons (Fsp3) is 0.267. The molecule has 0 aliphatic heterocycles. The topological polar surface area (TPSA) is 27.1 Å². The molecule has 2 heterocycles. The van der Waals surface area contributed by atoms with Crippen molar-refractivity contribution < 1.29 is 4.74 Å². The van der Waals surface area contributed by atoms with Gasteiger partial charge in [-0.1, -0.05) is 0 Å². The first kappa shape index (κ1) is 11.1. The number of benzene rings is 1. The molecule has 0 saturated carbocycles. The number of hydrogen-bond donors (Lipinski definition) is 0. The second-order valence-corrected chi connectivity index (χ2v) is 4.42. The molecule has 3 aromatic rings. The van der Waals surface area contributed by atoms with Gasteiger partial charge in [0.15, 0.2) is 0 Å². The van der Waals surface area contributed by atoms with Gasteiger partial charge in [0.05, 0.1) is 23.8 Å². The van der Waals surface area contributed by atoms with Crippen LogP contribution < -0.4 is 4.74 Å². The largest absolute Gasteiger partial charge is 0.497 e. The summed E-state index contributed by atoms with van der Waals surface area (Å²) in [4.78, 5) is 4.40. The second-order valence-electron chi connectivity index (χ2n) is 4.42. The average Bonchev–Trinajstić information content (AvgIpc) is 2.73. The van der Waals surface area contributed by atoms with E-state index in [4.69, 9.17) is 4.74 Å². The number of methoxy groups -OCH3 is 1. The lowest BCUT2D eigenvalue weighted by molar-refractivity contribution is 0.415. The molecule has 3 heteroatoms. The molecule has 0 spiro atoms. The number of ether oxygens (including phenoxy) is 1. The van der Waals surface area contributed by atoms with E-state index in [9.17, 15) is 0 Å². The van der Waals surface area contributed by atoms with Crippen molar-refractivity contribution >= 4 is 21.8 Å². The molecule has 2 aromatic heterocycles. The maximum absolute atomic E-state index is 5.32. The van der Waals surface area contributed by atoms with Crippen LogP contribution in [0.4, 0.5) is 0 Å². The van der Waals surface area contributed by atoms with E-state index in [1.807, 2.05) is 12.3 Å². The van der Waals surface area contributed by atoms with Crippen molar-refractivity contribution in [3.63, 3.8) is 0 Å². The SMILES string of the molecule is CCn1c2cc(OC)ccc2c2ccnc(C)c21. The Hall–Kier alpha value is -2.03. The lowest BCUT2D eigenvalue weighted by atomic mass is 10.1. The van der Waals surface area contributed by atoms with Crippen LogP contribution in [0.1, 0.15) is 12.6 Å². The van der Waals surface area contributed by atoms with Crippen LogP contribution in [0.25, 0.3) is 21.8 Å². The van der Waals surface area contributed by atoms with E-state index < -0.39 is 0 Å². The number of aromatic nitrogens is 2. The van der Waals surface area contributed by atoms with Gasteiger partial charge < -0.3 is 9.30 Å². The zero-order valence-corrected chi connectivity index (χ0v) is 10.9. The number of hydrogen-bond acceptors (Lipinski definition) is 2. The third-order valence-electron chi connectivity index (χ3n) is 3.48. The Balaban J connectivity index is 2.53. The summed E-state index contributed by atoms with van der Waals surface area (Å²) in [5, 5.41) is 2.53. The summed E-state index contributed by atoms with van der Waals surface area (Å²) in [6, 6.07) is 8.32. The summed E-state index contributed by atoms with van der Waals surface area (Å²) in [6.07, 6.45) is 1.88. The summed E-state index contributed by atoms with van der Waals surface area (Å²) in [7, 11) is 1.70. The molecule has 0 bridgehead atoms. The molecule has 0 fully saturated rings. The maximum Gasteiger partial charge on any atom is 0.120 e. The summed E-state index contributed by atoms with van der Waals surface area (Å²) in [5.74, 6) is 0.894. The summed E-state index contributed by atoms with van der Waals surface area (Å²) >= 11 is 0. The molecule has 0 N–H and O–H groups in total. The maximum atomic E-state index is 5.32. The zero-order chi connectivity index (χ0) is 12.7. The Morgan fingerprint density at radius 2 is 2.06 bits per heavy atom. The van der Waals surface area contributed by atoms with E-state index in [1.54, 1.807) is 7.11 Å². The summed E-state index contributed by atoms with van der Waals surface area (Å²) in [6.45, 7) is 5.15. The molecule has 92 valence electrons. The highest BCUT2D eigenvalue weighted by molar-refractivity contribution is 6.08. The van der Waals surface area contributed by atoms with Gasteiger partial charge in [0.1, 0.15) is 5.75 Å². The Labute approximate surface area is 106 Å². The van der Waals surface area contributed by atoms with Gasteiger partial charge in [-0.15, -0.1) is 0 Å². The Morgan fingerprint density at radius 1 is 1.22 bits per heavy atom. The number of nitrogens with zero attached hydrogens (tertiary/aromatic N) is 2. The smallest absolute Gasteiger partial charge is 0.120 e. The third kappa shape index (κ3) is 1.40. The fourth-order valence-corrected chi connectivity index (χ4v) is 2.66. The first-order valence-electron chi connectivity index (χ1n) is 6.17. The van der Waals surface area contributed by atoms with Gasteiger partial charge in [0.25, 0.3) is 0 Å². The molecular formula is C15H16N2O. The van der Waals surface area contributed by atoms with Crippen molar-refractivity contribution in [1.82, 2.24) is 9.55 Å². The van der Waals surface area contributed by atoms with Crippen LogP contribution in [0.15, 0.2) is 30.5 Å². The first-order chi connectivity index (χ1) is 8.76. The van der Waals surface area contributed by atoms with Crippen molar-refractivity contribution in [3.8, 4) is 5.75 Å². The van der Waals surface area contributed by atoms with Crippen molar-refractivity contribution in [2.45, 2.75) is 20.4 Å². The molecule has 0 aliphatic rings. The number of pyridine rings is 1. The molecule has 0 radical (unpaired) electrons. The number of rotatable bonds is 2. The van der Waals surface area contributed by atoms with Crippen LogP contribution in [-0.2, 0) is 6.54 Å². The number of aryl methyl sites for hydroxylation is 2. The van der Waals surface area contributed by atoms with Crippen LogP contribution in [0.3, 0.4) is 0 Å². The number of fused-ring (bicyclic) bond motifs is 3. The summed E-state index contributed by atoms with van der Waals surface area (Å²) in [5.41, 5.74) is 3.51. The Kier molecular flexibility index (Phi) is 2.47. The molecule has 3 nitrogen and oxygen atoms in total. The van der Waals surface area contributed by atoms with E-state index in [2.05, 4.69) is 41.6 Å². The molecule has 18 heavy (non-hydrogen) atoms. The predicted molar refractivity (Wildman–Crippen MR) is 74.2 cm³/mol. The monoisotopic (exact) mass is 240 g/mol. The highest BCUT2D eigenvalue weighted by Crippen LogP contribution is 2.32. The molecule has 0 atom stereocenters. The minimum absolute atomic E-state index is 0.894. The van der Waals surface area contributed by atoms with Crippen LogP contribution in [0.2, 0.25) is 0 Å². The minimum atomic E-state index is 0.894. The Bertz CT molecular complexity index is 728. The van der Waals surface area contributed by atoms with Gasteiger partial charge >= 0.3 is 0 Å². The minimum Gasteiger partial charge on any atom is -0.497 e. The quantitative estimate of drug-likeness (QED) is 0.685. The normalized spacial score (nSPS) is 11.3. The molecule has 0 aliphatic carbocycles.